The number of nitrogens with zero attached hydrogens (tertiary/aromatic N) is 1. The third-order valence-corrected chi connectivity index (χ3v) is 3.93. The van der Waals surface area contributed by atoms with Crippen LogP contribution in [-0.4, -0.2) is 22.5 Å². The molecule has 0 aliphatic heterocycles. The maximum Gasteiger partial charge on any atom is 0.257 e. The molecule has 0 spiro atoms. The van der Waals surface area contributed by atoms with E-state index >= 15 is 0 Å². The van der Waals surface area contributed by atoms with Crippen molar-refractivity contribution in [3.63, 3.8) is 0 Å². The second-order valence-electron chi connectivity index (χ2n) is 4.37. The van der Waals surface area contributed by atoms with Gasteiger partial charge < -0.3 is 10.0 Å². The van der Waals surface area contributed by atoms with Gasteiger partial charge in [0.2, 0.25) is 0 Å². The molecular weight excluding hydrogens is 258 g/mol. The number of amides is 1. The minimum Gasteiger partial charge on any atom is -0.507 e. The Morgan fingerprint density at radius 3 is 2.74 bits per heavy atom. The number of carbonyl (C=O) groups is 1. The SMILES string of the molecule is CCN(Cc1cccs1)C(=O)c1cccc(C)c1O. The van der Waals surface area contributed by atoms with E-state index in [0.717, 1.165) is 10.4 Å². The highest BCUT2D eigenvalue weighted by Gasteiger charge is 2.18. The summed E-state index contributed by atoms with van der Waals surface area (Å²) >= 11 is 1.63. The predicted molar refractivity (Wildman–Crippen MR) is 77.6 cm³/mol. The Bertz CT molecular complexity index is 564. The second-order valence-corrected chi connectivity index (χ2v) is 5.40. The fourth-order valence-corrected chi connectivity index (χ4v) is 2.64. The molecule has 0 bridgehead atoms. The van der Waals surface area contributed by atoms with E-state index in [9.17, 15) is 9.90 Å². The van der Waals surface area contributed by atoms with Gasteiger partial charge >= 0.3 is 0 Å². The largest absolute Gasteiger partial charge is 0.507 e. The van der Waals surface area contributed by atoms with Crippen molar-refractivity contribution < 1.29 is 9.90 Å². The lowest BCUT2D eigenvalue weighted by atomic mass is 10.1. The van der Waals surface area contributed by atoms with Crippen LogP contribution in [0.3, 0.4) is 0 Å². The van der Waals surface area contributed by atoms with Gasteiger partial charge in [0.05, 0.1) is 12.1 Å². The molecular formula is C15H17NO2S. The molecule has 0 fully saturated rings. The number of aromatic hydroxyl groups is 1. The van der Waals surface area contributed by atoms with Crippen LogP contribution in [0.5, 0.6) is 5.75 Å². The molecule has 0 aliphatic carbocycles. The first-order valence-corrected chi connectivity index (χ1v) is 7.11. The summed E-state index contributed by atoms with van der Waals surface area (Å²) in [6.07, 6.45) is 0. The molecule has 100 valence electrons. The molecule has 2 rings (SSSR count). The molecule has 3 nitrogen and oxygen atoms in total. The summed E-state index contributed by atoms with van der Waals surface area (Å²) in [6, 6.07) is 9.24. The molecule has 19 heavy (non-hydrogen) atoms. The van der Waals surface area contributed by atoms with Crippen LogP contribution in [0.4, 0.5) is 0 Å². The Morgan fingerprint density at radius 2 is 2.11 bits per heavy atom. The summed E-state index contributed by atoms with van der Waals surface area (Å²) in [6.45, 7) is 4.94. The van der Waals surface area contributed by atoms with Crippen LogP contribution in [0, 0.1) is 6.92 Å². The third-order valence-electron chi connectivity index (χ3n) is 3.06. The van der Waals surface area contributed by atoms with Gasteiger partial charge in [0.1, 0.15) is 5.75 Å². The van der Waals surface area contributed by atoms with Gasteiger partial charge in [0, 0.05) is 11.4 Å². The topological polar surface area (TPSA) is 40.5 Å². The van der Waals surface area contributed by atoms with E-state index in [4.69, 9.17) is 0 Å². The smallest absolute Gasteiger partial charge is 0.257 e. The Balaban J connectivity index is 2.23. The third kappa shape index (κ3) is 2.96. The fraction of sp³-hybridized carbons (Fsp3) is 0.267. The van der Waals surface area contributed by atoms with Crippen LogP contribution in [0.15, 0.2) is 35.7 Å². The van der Waals surface area contributed by atoms with Crippen LogP contribution in [0.2, 0.25) is 0 Å². The zero-order valence-corrected chi connectivity index (χ0v) is 11.9. The molecule has 0 aliphatic rings. The van der Waals surface area contributed by atoms with E-state index in [1.54, 1.807) is 41.4 Å². The van der Waals surface area contributed by atoms with Crippen LogP contribution in [0.1, 0.15) is 27.7 Å². The van der Waals surface area contributed by atoms with Crippen molar-refractivity contribution in [1.82, 2.24) is 4.90 Å². The van der Waals surface area contributed by atoms with Gasteiger partial charge in [-0.3, -0.25) is 4.79 Å². The lowest BCUT2D eigenvalue weighted by Gasteiger charge is -2.21. The van der Waals surface area contributed by atoms with E-state index < -0.39 is 0 Å². The first-order chi connectivity index (χ1) is 9.13. The van der Waals surface area contributed by atoms with E-state index in [1.165, 1.54) is 0 Å². The Morgan fingerprint density at radius 1 is 1.32 bits per heavy atom. The number of aryl methyl sites for hydroxylation is 1. The van der Waals surface area contributed by atoms with Crippen molar-refractivity contribution in [2.75, 3.05) is 6.54 Å². The molecule has 1 N–H and O–H groups in total. The zero-order valence-electron chi connectivity index (χ0n) is 11.1. The summed E-state index contributed by atoms with van der Waals surface area (Å²) in [7, 11) is 0. The quantitative estimate of drug-likeness (QED) is 0.928. The van der Waals surface area contributed by atoms with Crippen LogP contribution in [-0.2, 0) is 6.54 Å². The molecule has 0 saturated heterocycles. The standard InChI is InChI=1S/C15H17NO2S/c1-3-16(10-12-7-5-9-19-12)15(18)13-8-4-6-11(2)14(13)17/h4-9,17H,3,10H2,1-2H3. The van der Waals surface area contributed by atoms with Crippen LogP contribution < -0.4 is 0 Å². The number of hydrogen-bond donors (Lipinski definition) is 1. The number of phenolic OH excluding ortho intramolecular Hbond substituents is 1. The van der Waals surface area contributed by atoms with E-state index in [2.05, 4.69) is 0 Å². The van der Waals surface area contributed by atoms with E-state index in [-0.39, 0.29) is 11.7 Å². The van der Waals surface area contributed by atoms with Crippen molar-refractivity contribution in [2.45, 2.75) is 20.4 Å². The normalized spacial score (nSPS) is 10.4. The van der Waals surface area contributed by atoms with Crippen molar-refractivity contribution in [3.05, 3.63) is 51.7 Å². The van der Waals surface area contributed by atoms with E-state index in [1.807, 2.05) is 24.4 Å². The second kappa shape index (κ2) is 5.89. The number of phenols is 1. The van der Waals surface area contributed by atoms with Crippen molar-refractivity contribution >= 4 is 17.2 Å². The van der Waals surface area contributed by atoms with Gasteiger partial charge in [0.25, 0.3) is 5.91 Å². The average molecular weight is 275 g/mol. The number of benzene rings is 1. The zero-order chi connectivity index (χ0) is 13.8. The number of hydrogen-bond acceptors (Lipinski definition) is 3. The van der Waals surface area contributed by atoms with Crippen LogP contribution >= 0.6 is 11.3 Å². The molecule has 0 saturated carbocycles. The number of thiophene rings is 1. The molecule has 1 aromatic heterocycles. The highest BCUT2D eigenvalue weighted by molar-refractivity contribution is 7.09. The predicted octanol–water partition coefficient (Wildman–Crippen LogP) is 3.42. The molecule has 0 atom stereocenters. The molecule has 1 aromatic carbocycles. The van der Waals surface area contributed by atoms with Crippen molar-refractivity contribution in [3.8, 4) is 5.75 Å². The van der Waals surface area contributed by atoms with Crippen molar-refractivity contribution in [1.29, 1.82) is 0 Å². The summed E-state index contributed by atoms with van der Waals surface area (Å²) in [4.78, 5) is 15.3. The number of para-hydroxylation sites is 1. The highest BCUT2D eigenvalue weighted by atomic mass is 32.1. The summed E-state index contributed by atoms with van der Waals surface area (Å²) < 4.78 is 0. The highest BCUT2D eigenvalue weighted by Crippen LogP contribution is 2.24. The molecule has 4 heteroatoms. The Kier molecular flexibility index (Phi) is 4.22. The molecule has 0 unspecified atom stereocenters. The monoisotopic (exact) mass is 275 g/mol. The minimum atomic E-state index is -0.128. The molecule has 0 radical (unpaired) electrons. The van der Waals surface area contributed by atoms with Gasteiger partial charge in [-0.1, -0.05) is 18.2 Å². The van der Waals surface area contributed by atoms with Gasteiger partial charge in [-0.15, -0.1) is 11.3 Å². The van der Waals surface area contributed by atoms with Crippen LogP contribution in [0.25, 0.3) is 0 Å². The van der Waals surface area contributed by atoms with Gasteiger partial charge in [0.15, 0.2) is 0 Å². The first-order valence-electron chi connectivity index (χ1n) is 6.23. The average Bonchev–Trinajstić information content (AvgIpc) is 2.91. The minimum absolute atomic E-state index is 0.0807. The molecule has 1 heterocycles. The summed E-state index contributed by atoms with van der Waals surface area (Å²) in [5, 5.41) is 12.0. The maximum absolute atomic E-state index is 12.4. The number of carbonyl (C=O) groups excluding carboxylic acids is 1. The first kappa shape index (κ1) is 13.6. The van der Waals surface area contributed by atoms with Gasteiger partial charge in [-0.2, -0.15) is 0 Å². The maximum atomic E-state index is 12.4. The molecule has 1 amide bonds. The summed E-state index contributed by atoms with van der Waals surface area (Å²) in [5.74, 6) is -0.0470. The van der Waals surface area contributed by atoms with Gasteiger partial charge in [-0.05, 0) is 36.9 Å². The Hall–Kier alpha value is -1.81. The Labute approximate surface area is 117 Å². The fourth-order valence-electron chi connectivity index (χ4n) is 1.92. The van der Waals surface area contributed by atoms with E-state index in [0.29, 0.717) is 18.7 Å². The lowest BCUT2D eigenvalue weighted by Crippen LogP contribution is -2.30. The summed E-state index contributed by atoms with van der Waals surface area (Å²) in [5.41, 5.74) is 1.09. The lowest BCUT2D eigenvalue weighted by molar-refractivity contribution is 0.0751. The number of rotatable bonds is 4. The van der Waals surface area contributed by atoms with Crippen molar-refractivity contribution in [2.24, 2.45) is 0 Å². The van der Waals surface area contributed by atoms with Gasteiger partial charge in [-0.25, -0.2) is 0 Å². The molecule has 2 aromatic rings.